The predicted octanol–water partition coefficient (Wildman–Crippen LogP) is 4.20. The van der Waals surface area contributed by atoms with Crippen molar-refractivity contribution in [1.82, 2.24) is 0 Å². The van der Waals surface area contributed by atoms with Crippen molar-refractivity contribution in [3.8, 4) is 0 Å². The van der Waals surface area contributed by atoms with Crippen molar-refractivity contribution in [1.29, 1.82) is 0 Å². The van der Waals surface area contributed by atoms with Gasteiger partial charge in [-0.2, -0.15) is 0 Å². The average molecular weight is 284 g/mol. The zero-order valence-corrected chi connectivity index (χ0v) is 12.4. The van der Waals surface area contributed by atoms with Crippen LogP contribution in [0, 0.1) is 0 Å². The van der Waals surface area contributed by atoms with E-state index in [1.165, 1.54) is 0 Å². The molecule has 0 heterocycles. The Morgan fingerprint density at radius 1 is 1.32 bits per heavy atom. The van der Waals surface area contributed by atoms with Crippen LogP contribution in [0.1, 0.15) is 39.5 Å². The first-order valence-electron chi connectivity index (χ1n) is 6.82. The molecular formula is C15H22ClNO2. The lowest BCUT2D eigenvalue weighted by Gasteiger charge is -2.32. The summed E-state index contributed by atoms with van der Waals surface area (Å²) >= 11 is 5.88. The van der Waals surface area contributed by atoms with E-state index in [1.54, 1.807) is 12.1 Å². The van der Waals surface area contributed by atoms with Crippen molar-refractivity contribution in [2.24, 2.45) is 0 Å². The highest BCUT2D eigenvalue weighted by molar-refractivity contribution is 6.30. The summed E-state index contributed by atoms with van der Waals surface area (Å²) in [7, 11) is 0. The van der Waals surface area contributed by atoms with Crippen molar-refractivity contribution >= 4 is 23.3 Å². The van der Waals surface area contributed by atoms with Crippen LogP contribution in [0.25, 0.3) is 0 Å². The monoisotopic (exact) mass is 283 g/mol. The molecule has 19 heavy (non-hydrogen) atoms. The summed E-state index contributed by atoms with van der Waals surface area (Å²) in [5.74, 6) is -0.801. The van der Waals surface area contributed by atoms with E-state index in [0.29, 0.717) is 5.02 Å². The first-order valence-corrected chi connectivity index (χ1v) is 7.20. The molecule has 0 aliphatic heterocycles. The Bertz CT molecular complexity index is 392. The molecule has 106 valence electrons. The van der Waals surface area contributed by atoms with Gasteiger partial charge in [-0.15, -0.1) is 0 Å². The normalized spacial score (nSPS) is 12.2. The lowest BCUT2D eigenvalue weighted by atomic mass is 10.0. The van der Waals surface area contributed by atoms with Crippen LogP contribution in [0.2, 0.25) is 5.02 Å². The van der Waals surface area contributed by atoms with Gasteiger partial charge in [0.05, 0.1) is 0 Å². The number of nitrogens with zero attached hydrogens (tertiary/aromatic N) is 1. The summed E-state index contributed by atoms with van der Waals surface area (Å²) in [4.78, 5) is 13.0. The highest BCUT2D eigenvalue weighted by atomic mass is 35.5. The number of carboxylic acid groups (broad SMARTS) is 1. The highest BCUT2D eigenvalue weighted by Gasteiger charge is 2.19. The van der Waals surface area contributed by atoms with Gasteiger partial charge in [0.1, 0.15) is 6.54 Å². The number of hydrogen-bond acceptors (Lipinski definition) is 2. The Labute approximate surface area is 120 Å². The maximum Gasteiger partial charge on any atom is 0.323 e. The molecule has 1 N–H and O–H groups in total. The molecule has 1 atom stereocenters. The van der Waals surface area contributed by atoms with E-state index in [-0.39, 0.29) is 12.6 Å². The van der Waals surface area contributed by atoms with Crippen LogP contribution in [0.15, 0.2) is 24.3 Å². The molecule has 0 saturated carbocycles. The molecule has 1 rings (SSSR count). The molecule has 0 aromatic heterocycles. The summed E-state index contributed by atoms with van der Waals surface area (Å²) < 4.78 is 0. The van der Waals surface area contributed by atoms with E-state index in [2.05, 4.69) is 13.8 Å². The van der Waals surface area contributed by atoms with E-state index < -0.39 is 5.97 Å². The topological polar surface area (TPSA) is 40.5 Å². The zero-order valence-electron chi connectivity index (χ0n) is 11.6. The second kappa shape index (κ2) is 8.05. The Morgan fingerprint density at radius 2 is 1.95 bits per heavy atom. The third-order valence-corrected chi connectivity index (χ3v) is 3.52. The van der Waals surface area contributed by atoms with Gasteiger partial charge < -0.3 is 10.0 Å². The maximum atomic E-state index is 11.1. The van der Waals surface area contributed by atoms with E-state index in [4.69, 9.17) is 16.7 Å². The number of halogens is 1. The van der Waals surface area contributed by atoms with E-state index in [0.717, 1.165) is 31.4 Å². The molecule has 0 bridgehead atoms. The van der Waals surface area contributed by atoms with Gasteiger partial charge in [-0.3, -0.25) is 4.79 Å². The van der Waals surface area contributed by atoms with Crippen molar-refractivity contribution in [2.75, 3.05) is 11.4 Å². The molecular weight excluding hydrogens is 262 g/mol. The van der Waals surface area contributed by atoms with Gasteiger partial charge in [0.2, 0.25) is 0 Å². The van der Waals surface area contributed by atoms with Gasteiger partial charge >= 0.3 is 5.97 Å². The summed E-state index contributed by atoms with van der Waals surface area (Å²) in [5, 5.41) is 9.77. The molecule has 0 radical (unpaired) electrons. The van der Waals surface area contributed by atoms with Crippen LogP contribution in [-0.2, 0) is 4.79 Å². The van der Waals surface area contributed by atoms with E-state index in [9.17, 15) is 4.79 Å². The Hall–Kier alpha value is -1.22. The van der Waals surface area contributed by atoms with Crippen molar-refractivity contribution < 1.29 is 9.90 Å². The fraction of sp³-hybridized carbons (Fsp3) is 0.533. The molecule has 0 fully saturated rings. The predicted molar refractivity (Wildman–Crippen MR) is 80.0 cm³/mol. The number of benzene rings is 1. The third-order valence-electron chi connectivity index (χ3n) is 3.27. The molecule has 0 aliphatic carbocycles. The molecule has 1 unspecified atom stereocenters. The standard InChI is InChI=1S/C15H22ClNO2/c1-3-5-6-13(4-2)17(11-15(18)19)14-9-7-12(16)8-10-14/h7-10,13H,3-6,11H2,1-2H3,(H,18,19). The molecule has 0 amide bonds. The molecule has 1 aromatic carbocycles. The number of rotatable bonds is 8. The molecule has 0 aliphatic rings. The van der Waals surface area contributed by atoms with Crippen molar-refractivity contribution in [2.45, 2.75) is 45.6 Å². The van der Waals surface area contributed by atoms with E-state index >= 15 is 0 Å². The van der Waals surface area contributed by atoms with Crippen LogP contribution in [-0.4, -0.2) is 23.7 Å². The third kappa shape index (κ3) is 5.11. The Kier molecular flexibility index (Phi) is 6.71. The molecule has 0 spiro atoms. The number of carboxylic acids is 1. The van der Waals surface area contributed by atoms with Gasteiger partial charge in [0.15, 0.2) is 0 Å². The minimum atomic E-state index is -0.801. The fourth-order valence-electron chi connectivity index (χ4n) is 2.23. The SMILES string of the molecule is CCCCC(CC)N(CC(=O)O)c1ccc(Cl)cc1. The Balaban J connectivity index is 2.91. The Morgan fingerprint density at radius 3 is 2.42 bits per heavy atom. The number of carbonyl (C=O) groups is 1. The first-order chi connectivity index (χ1) is 9.08. The fourth-order valence-corrected chi connectivity index (χ4v) is 2.36. The lowest BCUT2D eigenvalue weighted by Crippen LogP contribution is -2.39. The molecule has 4 heteroatoms. The summed E-state index contributed by atoms with van der Waals surface area (Å²) in [5.41, 5.74) is 0.926. The van der Waals surface area contributed by atoms with Crippen LogP contribution >= 0.6 is 11.6 Å². The first kappa shape index (κ1) is 15.8. The summed E-state index contributed by atoms with van der Waals surface area (Å²) in [6.45, 7) is 4.28. The van der Waals surface area contributed by atoms with Gasteiger partial charge in [0.25, 0.3) is 0 Å². The van der Waals surface area contributed by atoms with E-state index in [1.807, 2.05) is 17.0 Å². The van der Waals surface area contributed by atoms with Crippen LogP contribution in [0.3, 0.4) is 0 Å². The minimum Gasteiger partial charge on any atom is -0.480 e. The minimum absolute atomic E-state index is 0.0316. The van der Waals surface area contributed by atoms with Gasteiger partial charge in [-0.05, 0) is 37.1 Å². The molecule has 0 saturated heterocycles. The van der Waals surface area contributed by atoms with Gasteiger partial charge in [-0.25, -0.2) is 0 Å². The van der Waals surface area contributed by atoms with Gasteiger partial charge in [0, 0.05) is 16.8 Å². The molecule has 3 nitrogen and oxygen atoms in total. The maximum absolute atomic E-state index is 11.1. The highest BCUT2D eigenvalue weighted by Crippen LogP contribution is 2.23. The quantitative estimate of drug-likeness (QED) is 0.777. The van der Waals surface area contributed by atoms with Crippen molar-refractivity contribution in [3.05, 3.63) is 29.3 Å². The smallest absolute Gasteiger partial charge is 0.323 e. The van der Waals surface area contributed by atoms with Gasteiger partial charge in [-0.1, -0.05) is 38.3 Å². The summed E-state index contributed by atoms with van der Waals surface area (Å²) in [6, 6.07) is 7.65. The molecule has 1 aromatic rings. The number of hydrogen-bond donors (Lipinski definition) is 1. The number of anilines is 1. The van der Waals surface area contributed by atoms with Crippen LogP contribution < -0.4 is 4.90 Å². The lowest BCUT2D eigenvalue weighted by molar-refractivity contribution is -0.135. The summed E-state index contributed by atoms with van der Waals surface area (Å²) in [6.07, 6.45) is 4.19. The van der Waals surface area contributed by atoms with Crippen LogP contribution in [0.4, 0.5) is 5.69 Å². The second-order valence-electron chi connectivity index (χ2n) is 4.70. The van der Waals surface area contributed by atoms with Crippen LogP contribution in [0.5, 0.6) is 0 Å². The van der Waals surface area contributed by atoms with Crippen molar-refractivity contribution in [3.63, 3.8) is 0 Å². The number of aliphatic carboxylic acids is 1. The second-order valence-corrected chi connectivity index (χ2v) is 5.14. The zero-order chi connectivity index (χ0) is 14.3. The average Bonchev–Trinajstić information content (AvgIpc) is 2.39. The largest absolute Gasteiger partial charge is 0.480 e. The number of unbranched alkanes of at least 4 members (excludes halogenated alkanes) is 1.